The lowest BCUT2D eigenvalue weighted by molar-refractivity contribution is 0.0970. The molecule has 0 radical (unpaired) electrons. The summed E-state index contributed by atoms with van der Waals surface area (Å²) in [7, 11) is 1.53. The molecule has 0 aliphatic carbocycles. The van der Waals surface area contributed by atoms with Crippen molar-refractivity contribution >= 4 is 21.7 Å². The monoisotopic (exact) mass is 352 g/mol. The van der Waals surface area contributed by atoms with Crippen LogP contribution in [0.3, 0.4) is 0 Å². The lowest BCUT2D eigenvalue weighted by Gasteiger charge is -2.07. The molecule has 2 rings (SSSR count). The number of aryl methyl sites for hydroxylation is 1. The molecule has 0 aliphatic heterocycles. The number of nitrogens with one attached hydrogen (secondary N) is 1. The number of rotatable bonds is 4. The molecule has 0 unspecified atom stereocenters. The summed E-state index contributed by atoms with van der Waals surface area (Å²) in [6.45, 7) is 1.43. The van der Waals surface area contributed by atoms with Crippen molar-refractivity contribution in [2.75, 3.05) is 7.11 Å². The topological polar surface area (TPSA) is 81.2 Å². The number of benzene rings is 1. The Hall–Kier alpha value is -2.15. The van der Waals surface area contributed by atoms with Crippen molar-refractivity contribution in [2.24, 2.45) is 0 Å². The summed E-state index contributed by atoms with van der Waals surface area (Å²) in [5.41, 5.74) is -0.237. The Bertz CT molecular complexity index is 807. The van der Waals surface area contributed by atoms with Gasteiger partial charge in [0.05, 0.1) is 18.1 Å². The zero-order valence-electron chi connectivity index (χ0n) is 11.5. The van der Waals surface area contributed by atoms with Crippen LogP contribution in [-0.4, -0.2) is 22.4 Å². The number of nitrogens with zero attached hydrogens (tertiary/aromatic N) is 1. The largest absolute Gasteiger partial charge is 0.496 e. The normalized spacial score (nSPS) is 10.4. The van der Waals surface area contributed by atoms with Gasteiger partial charge >= 0.3 is 5.69 Å². The SMILES string of the molecule is COc1ccc(C(=O)Cn2cc(C)c(=O)[nH]c2=O)cc1Br. The number of Topliss-reactive ketones (excluding diaryl/α,β-unsaturated/α-hetero) is 1. The van der Waals surface area contributed by atoms with Gasteiger partial charge in [-0.05, 0) is 41.1 Å². The summed E-state index contributed by atoms with van der Waals surface area (Å²) in [5.74, 6) is 0.371. The van der Waals surface area contributed by atoms with Crippen molar-refractivity contribution in [3.05, 3.63) is 60.8 Å². The van der Waals surface area contributed by atoms with Crippen LogP contribution in [0.5, 0.6) is 5.75 Å². The molecular formula is C14H13BrN2O4. The van der Waals surface area contributed by atoms with E-state index in [0.29, 0.717) is 21.3 Å². The molecule has 2 aromatic rings. The van der Waals surface area contributed by atoms with E-state index in [0.717, 1.165) is 0 Å². The first-order chi connectivity index (χ1) is 9.92. The molecule has 1 aromatic carbocycles. The maximum Gasteiger partial charge on any atom is 0.328 e. The van der Waals surface area contributed by atoms with Crippen molar-refractivity contribution in [3.8, 4) is 5.75 Å². The Morgan fingerprint density at radius 2 is 2.10 bits per heavy atom. The highest BCUT2D eigenvalue weighted by Gasteiger charge is 2.11. The second kappa shape index (κ2) is 6.09. The van der Waals surface area contributed by atoms with Crippen LogP contribution in [0.1, 0.15) is 15.9 Å². The predicted octanol–water partition coefficient (Wildman–Crippen LogP) is 1.50. The number of carbonyl (C=O) groups is 1. The maximum atomic E-state index is 12.2. The Kier molecular flexibility index (Phi) is 4.42. The summed E-state index contributed by atoms with van der Waals surface area (Å²) < 4.78 is 6.92. The number of H-pyrrole nitrogens is 1. The van der Waals surface area contributed by atoms with E-state index in [9.17, 15) is 14.4 Å². The van der Waals surface area contributed by atoms with Crippen LogP contribution in [-0.2, 0) is 6.54 Å². The molecule has 0 fully saturated rings. The van der Waals surface area contributed by atoms with Crippen LogP contribution < -0.4 is 16.0 Å². The molecule has 0 saturated carbocycles. The minimum Gasteiger partial charge on any atom is -0.496 e. The Labute approximate surface area is 128 Å². The molecule has 0 atom stereocenters. The van der Waals surface area contributed by atoms with Crippen molar-refractivity contribution in [1.82, 2.24) is 9.55 Å². The molecule has 0 spiro atoms. The number of hydrogen-bond acceptors (Lipinski definition) is 4. The Balaban J connectivity index is 2.30. The van der Waals surface area contributed by atoms with Crippen LogP contribution in [0, 0.1) is 6.92 Å². The highest BCUT2D eigenvalue weighted by Crippen LogP contribution is 2.25. The van der Waals surface area contributed by atoms with Gasteiger partial charge in [-0.25, -0.2) is 4.79 Å². The van der Waals surface area contributed by atoms with E-state index in [4.69, 9.17) is 4.74 Å². The lowest BCUT2D eigenvalue weighted by Crippen LogP contribution is -2.32. The quantitative estimate of drug-likeness (QED) is 0.845. The summed E-state index contributed by atoms with van der Waals surface area (Å²) in [6, 6.07) is 4.92. The molecule has 0 saturated heterocycles. The van der Waals surface area contributed by atoms with E-state index in [1.165, 1.54) is 17.9 Å². The van der Waals surface area contributed by atoms with Crippen molar-refractivity contribution in [2.45, 2.75) is 13.5 Å². The molecule has 21 heavy (non-hydrogen) atoms. The predicted molar refractivity (Wildman–Crippen MR) is 81.1 cm³/mol. The molecule has 1 heterocycles. The maximum absolute atomic E-state index is 12.2. The minimum atomic E-state index is -0.605. The highest BCUT2D eigenvalue weighted by atomic mass is 79.9. The van der Waals surface area contributed by atoms with Crippen molar-refractivity contribution in [1.29, 1.82) is 0 Å². The molecule has 0 aliphatic rings. The smallest absolute Gasteiger partial charge is 0.328 e. The van der Waals surface area contributed by atoms with Gasteiger partial charge in [-0.15, -0.1) is 0 Å². The third-order valence-corrected chi connectivity index (χ3v) is 3.60. The van der Waals surface area contributed by atoms with E-state index >= 15 is 0 Å². The third-order valence-electron chi connectivity index (χ3n) is 2.98. The Morgan fingerprint density at radius 1 is 1.38 bits per heavy atom. The van der Waals surface area contributed by atoms with Crippen LogP contribution in [0.25, 0.3) is 0 Å². The van der Waals surface area contributed by atoms with Crippen LogP contribution in [0.2, 0.25) is 0 Å². The van der Waals surface area contributed by atoms with Crippen LogP contribution in [0.15, 0.2) is 38.5 Å². The van der Waals surface area contributed by atoms with Gasteiger partial charge in [0.1, 0.15) is 5.75 Å². The van der Waals surface area contributed by atoms with Gasteiger partial charge in [0.2, 0.25) is 0 Å². The van der Waals surface area contributed by atoms with E-state index in [-0.39, 0.29) is 12.3 Å². The molecular weight excluding hydrogens is 340 g/mol. The van der Waals surface area contributed by atoms with Gasteiger partial charge in [-0.2, -0.15) is 0 Å². The van der Waals surface area contributed by atoms with Crippen LogP contribution >= 0.6 is 15.9 Å². The molecule has 6 nitrogen and oxygen atoms in total. The van der Waals surface area contributed by atoms with Gasteiger partial charge in [0.25, 0.3) is 5.56 Å². The average Bonchev–Trinajstić information content (AvgIpc) is 2.44. The van der Waals surface area contributed by atoms with E-state index in [1.807, 2.05) is 0 Å². The second-order valence-corrected chi connectivity index (χ2v) is 5.33. The summed E-state index contributed by atoms with van der Waals surface area (Å²) in [4.78, 5) is 37.3. The van der Waals surface area contributed by atoms with E-state index in [2.05, 4.69) is 20.9 Å². The molecule has 0 amide bonds. The van der Waals surface area contributed by atoms with Gasteiger partial charge in [0.15, 0.2) is 5.78 Å². The number of halogens is 1. The van der Waals surface area contributed by atoms with E-state index in [1.54, 1.807) is 25.1 Å². The first kappa shape index (κ1) is 15.2. The zero-order valence-corrected chi connectivity index (χ0v) is 13.1. The van der Waals surface area contributed by atoms with Crippen LogP contribution in [0.4, 0.5) is 0 Å². The lowest BCUT2D eigenvalue weighted by atomic mass is 10.1. The molecule has 1 N–H and O–H groups in total. The zero-order chi connectivity index (χ0) is 15.6. The number of aromatic amines is 1. The summed E-state index contributed by atoms with van der Waals surface area (Å²) >= 11 is 3.30. The van der Waals surface area contributed by atoms with E-state index < -0.39 is 11.2 Å². The fourth-order valence-electron chi connectivity index (χ4n) is 1.82. The first-order valence-corrected chi connectivity index (χ1v) is 6.89. The summed E-state index contributed by atoms with van der Waals surface area (Å²) in [6.07, 6.45) is 1.37. The van der Waals surface area contributed by atoms with Crippen molar-refractivity contribution < 1.29 is 9.53 Å². The number of ketones is 1. The Morgan fingerprint density at radius 3 is 2.71 bits per heavy atom. The van der Waals surface area contributed by atoms with Crippen molar-refractivity contribution in [3.63, 3.8) is 0 Å². The number of carbonyl (C=O) groups excluding carboxylic acids is 1. The average molecular weight is 353 g/mol. The number of hydrogen-bond donors (Lipinski definition) is 1. The summed E-state index contributed by atoms with van der Waals surface area (Å²) in [5, 5.41) is 0. The van der Waals surface area contributed by atoms with Gasteiger partial charge in [0, 0.05) is 17.3 Å². The highest BCUT2D eigenvalue weighted by molar-refractivity contribution is 9.10. The van der Waals surface area contributed by atoms with Gasteiger partial charge in [-0.1, -0.05) is 0 Å². The molecule has 0 bridgehead atoms. The number of methoxy groups -OCH3 is 1. The molecule has 7 heteroatoms. The number of aromatic nitrogens is 2. The molecule has 110 valence electrons. The number of ether oxygens (including phenoxy) is 1. The third kappa shape index (κ3) is 3.30. The first-order valence-electron chi connectivity index (χ1n) is 6.09. The van der Waals surface area contributed by atoms with Gasteiger partial charge in [-0.3, -0.25) is 19.1 Å². The fourth-order valence-corrected chi connectivity index (χ4v) is 2.36. The molecule has 1 aromatic heterocycles. The second-order valence-electron chi connectivity index (χ2n) is 4.47. The minimum absolute atomic E-state index is 0.144. The van der Waals surface area contributed by atoms with Gasteiger partial charge < -0.3 is 4.74 Å². The standard InChI is InChI=1S/C14H13BrN2O4/c1-8-6-17(14(20)16-13(8)19)7-11(18)9-3-4-12(21-2)10(15)5-9/h3-6H,7H2,1-2H3,(H,16,19,20). The fraction of sp³-hybridized carbons (Fsp3) is 0.214.